The standard InChI is InChI=1S/C18H30O3/c1-4-16-14-15(3)17(21-16)12-10-8-6-7-9-11-13-18(19)20-5-2/h14H,4-13H2,1-3H3. The molecule has 3 heteroatoms. The molecule has 0 aromatic carbocycles. The Kier molecular flexibility index (Phi) is 8.88. The molecule has 0 atom stereocenters. The van der Waals surface area contributed by atoms with Crippen molar-refractivity contribution in [2.75, 3.05) is 6.61 Å². The van der Waals surface area contributed by atoms with Gasteiger partial charge < -0.3 is 9.15 Å². The van der Waals surface area contributed by atoms with Gasteiger partial charge in [-0.2, -0.15) is 0 Å². The van der Waals surface area contributed by atoms with Crippen LogP contribution < -0.4 is 0 Å². The van der Waals surface area contributed by atoms with Gasteiger partial charge in [-0.05, 0) is 38.3 Å². The zero-order valence-electron chi connectivity index (χ0n) is 13.9. The predicted molar refractivity (Wildman–Crippen MR) is 85.5 cm³/mol. The molecule has 1 aromatic rings. The van der Waals surface area contributed by atoms with Gasteiger partial charge in [-0.15, -0.1) is 0 Å². The second-order valence-corrected chi connectivity index (χ2v) is 5.60. The largest absolute Gasteiger partial charge is 0.466 e. The lowest BCUT2D eigenvalue weighted by Crippen LogP contribution is -2.03. The molecular weight excluding hydrogens is 264 g/mol. The molecule has 0 unspecified atom stereocenters. The summed E-state index contributed by atoms with van der Waals surface area (Å²) in [6.45, 7) is 6.60. The van der Waals surface area contributed by atoms with Crippen LogP contribution in [0.2, 0.25) is 0 Å². The van der Waals surface area contributed by atoms with Gasteiger partial charge in [0.1, 0.15) is 11.5 Å². The van der Waals surface area contributed by atoms with Crippen molar-refractivity contribution < 1.29 is 13.9 Å². The number of carbonyl (C=O) groups is 1. The lowest BCUT2D eigenvalue weighted by Gasteiger charge is -2.03. The third-order valence-corrected chi connectivity index (χ3v) is 3.76. The van der Waals surface area contributed by atoms with Gasteiger partial charge in [-0.1, -0.05) is 32.6 Å². The molecule has 0 fully saturated rings. The van der Waals surface area contributed by atoms with E-state index in [0.717, 1.165) is 37.2 Å². The molecule has 0 radical (unpaired) electrons. The summed E-state index contributed by atoms with van der Waals surface area (Å²) in [5.74, 6) is 2.20. The van der Waals surface area contributed by atoms with Crippen molar-refractivity contribution in [3.63, 3.8) is 0 Å². The van der Waals surface area contributed by atoms with Gasteiger partial charge in [0.15, 0.2) is 0 Å². The van der Waals surface area contributed by atoms with Crippen LogP contribution in [0.3, 0.4) is 0 Å². The van der Waals surface area contributed by atoms with Crippen molar-refractivity contribution in [1.29, 1.82) is 0 Å². The molecule has 1 rings (SSSR count). The maximum Gasteiger partial charge on any atom is 0.305 e. The number of rotatable bonds is 11. The molecule has 0 saturated heterocycles. The van der Waals surface area contributed by atoms with E-state index in [4.69, 9.17) is 9.15 Å². The molecule has 0 amide bonds. The highest BCUT2D eigenvalue weighted by molar-refractivity contribution is 5.69. The van der Waals surface area contributed by atoms with E-state index < -0.39 is 0 Å². The number of hydrogen-bond donors (Lipinski definition) is 0. The number of unbranched alkanes of at least 4 members (excludes halogenated alkanes) is 5. The van der Waals surface area contributed by atoms with Gasteiger partial charge in [-0.25, -0.2) is 0 Å². The van der Waals surface area contributed by atoms with Crippen LogP contribution in [-0.2, 0) is 22.4 Å². The zero-order chi connectivity index (χ0) is 15.5. The molecule has 0 aliphatic heterocycles. The number of ether oxygens (including phenoxy) is 1. The highest BCUT2D eigenvalue weighted by atomic mass is 16.5. The lowest BCUT2D eigenvalue weighted by molar-refractivity contribution is -0.143. The molecule has 0 aliphatic carbocycles. The highest BCUT2D eigenvalue weighted by Gasteiger charge is 2.06. The number of aryl methyl sites for hydroxylation is 3. The molecule has 1 aromatic heterocycles. The minimum absolute atomic E-state index is 0.0578. The van der Waals surface area contributed by atoms with Crippen LogP contribution in [0, 0.1) is 6.92 Å². The maximum atomic E-state index is 11.2. The highest BCUT2D eigenvalue weighted by Crippen LogP contribution is 2.18. The van der Waals surface area contributed by atoms with Crippen LogP contribution in [0.5, 0.6) is 0 Å². The van der Waals surface area contributed by atoms with Gasteiger partial charge in [0.25, 0.3) is 0 Å². The predicted octanol–water partition coefficient (Wildman–Crippen LogP) is 4.99. The zero-order valence-corrected chi connectivity index (χ0v) is 13.9. The number of esters is 1. The second kappa shape index (κ2) is 10.5. The van der Waals surface area contributed by atoms with Crippen LogP contribution in [0.25, 0.3) is 0 Å². The monoisotopic (exact) mass is 294 g/mol. The molecule has 0 spiro atoms. The Balaban J connectivity index is 1.99. The average Bonchev–Trinajstić information content (AvgIpc) is 2.82. The summed E-state index contributed by atoms with van der Waals surface area (Å²) in [7, 11) is 0. The van der Waals surface area contributed by atoms with Crippen molar-refractivity contribution >= 4 is 5.97 Å². The first-order valence-electron chi connectivity index (χ1n) is 8.41. The van der Waals surface area contributed by atoms with E-state index in [9.17, 15) is 4.79 Å². The summed E-state index contributed by atoms with van der Waals surface area (Å²) in [6, 6.07) is 2.16. The van der Waals surface area contributed by atoms with Crippen LogP contribution in [0.1, 0.15) is 75.9 Å². The fourth-order valence-electron chi connectivity index (χ4n) is 2.51. The quantitative estimate of drug-likeness (QED) is 0.426. The first-order chi connectivity index (χ1) is 10.2. The SMILES string of the molecule is CCOC(=O)CCCCCCCCc1oc(CC)cc1C. The summed E-state index contributed by atoms with van der Waals surface area (Å²) in [6.07, 6.45) is 9.54. The summed E-state index contributed by atoms with van der Waals surface area (Å²) < 4.78 is 10.7. The Labute approximate surface area is 129 Å². The van der Waals surface area contributed by atoms with E-state index in [1.807, 2.05) is 6.92 Å². The summed E-state index contributed by atoms with van der Waals surface area (Å²) in [5, 5.41) is 0. The normalized spacial score (nSPS) is 10.8. The molecule has 21 heavy (non-hydrogen) atoms. The lowest BCUT2D eigenvalue weighted by atomic mass is 10.1. The molecule has 120 valence electrons. The van der Waals surface area contributed by atoms with E-state index in [-0.39, 0.29) is 5.97 Å². The Bertz CT molecular complexity index is 407. The first-order valence-corrected chi connectivity index (χ1v) is 8.41. The Morgan fingerprint density at radius 3 is 2.38 bits per heavy atom. The van der Waals surface area contributed by atoms with Crippen LogP contribution >= 0.6 is 0 Å². The van der Waals surface area contributed by atoms with Crippen LogP contribution in [0.15, 0.2) is 10.5 Å². The molecule has 1 heterocycles. The van der Waals surface area contributed by atoms with Crippen LogP contribution in [0.4, 0.5) is 0 Å². The molecule has 3 nitrogen and oxygen atoms in total. The van der Waals surface area contributed by atoms with Gasteiger partial charge in [0.05, 0.1) is 6.61 Å². The maximum absolute atomic E-state index is 11.2. The van der Waals surface area contributed by atoms with E-state index in [0.29, 0.717) is 13.0 Å². The number of carbonyl (C=O) groups excluding carboxylic acids is 1. The topological polar surface area (TPSA) is 39.4 Å². The third-order valence-electron chi connectivity index (χ3n) is 3.76. The Morgan fingerprint density at radius 2 is 1.76 bits per heavy atom. The minimum Gasteiger partial charge on any atom is -0.466 e. The first kappa shape index (κ1) is 17.8. The van der Waals surface area contributed by atoms with E-state index in [1.54, 1.807) is 0 Å². The van der Waals surface area contributed by atoms with Crippen LogP contribution in [-0.4, -0.2) is 12.6 Å². The number of furan rings is 1. The Hall–Kier alpha value is -1.25. The number of hydrogen-bond acceptors (Lipinski definition) is 3. The second-order valence-electron chi connectivity index (χ2n) is 5.60. The van der Waals surface area contributed by atoms with E-state index >= 15 is 0 Å². The molecule has 0 aliphatic rings. The molecular formula is C18H30O3. The summed E-state index contributed by atoms with van der Waals surface area (Å²) >= 11 is 0. The molecule has 0 bridgehead atoms. The summed E-state index contributed by atoms with van der Waals surface area (Å²) in [4.78, 5) is 11.2. The third kappa shape index (κ3) is 7.35. The molecule has 0 saturated carbocycles. The van der Waals surface area contributed by atoms with E-state index in [1.165, 1.54) is 31.2 Å². The average molecular weight is 294 g/mol. The van der Waals surface area contributed by atoms with Gasteiger partial charge in [0, 0.05) is 19.3 Å². The molecule has 0 N–H and O–H groups in total. The van der Waals surface area contributed by atoms with Crippen molar-refractivity contribution in [2.24, 2.45) is 0 Å². The van der Waals surface area contributed by atoms with Crippen molar-refractivity contribution in [3.05, 3.63) is 23.2 Å². The minimum atomic E-state index is -0.0578. The van der Waals surface area contributed by atoms with Gasteiger partial charge >= 0.3 is 5.97 Å². The van der Waals surface area contributed by atoms with Gasteiger partial charge in [-0.3, -0.25) is 4.79 Å². The fraction of sp³-hybridized carbons (Fsp3) is 0.722. The smallest absolute Gasteiger partial charge is 0.305 e. The van der Waals surface area contributed by atoms with Gasteiger partial charge in [0.2, 0.25) is 0 Å². The Morgan fingerprint density at radius 1 is 1.10 bits per heavy atom. The van der Waals surface area contributed by atoms with Crippen molar-refractivity contribution in [1.82, 2.24) is 0 Å². The van der Waals surface area contributed by atoms with Crippen molar-refractivity contribution in [2.45, 2.75) is 78.6 Å². The van der Waals surface area contributed by atoms with E-state index in [2.05, 4.69) is 19.9 Å². The summed E-state index contributed by atoms with van der Waals surface area (Å²) in [5.41, 5.74) is 1.29. The fourth-order valence-corrected chi connectivity index (χ4v) is 2.51. The van der Waals surface area contributed by atoms with Crippen molar-refractivity contribution in [3.8, 4) is 0 Å².